The Bertz CT molecular complexity index is 1530. The monoisotopic (exact) mass is 547 g/mol. The molecule has 5 heteroatoms. The number of rotatable bonds is 12. The average Bonchev–Trinajstić information content (AvgIpc) is 2.99. The SMILES string of the molecule is CCCC(O)Oc1ccc(-c2ccc(N(c3ccc(OC(O)CCC)cc3)c3ccc4ccccc4c3)cc2)cc1. The molecule has 0 spiro atoms. The number of anilines is 3. The zero-order chi connectivity index (χ0) is 28.6. The molecule has 2 N–H and O–H groups in total. The van der Waals surface area contributed by atoms with Crippen molar-refractivity contribution in [2.45, 2.75) is 52.1 Å². The molecule has 2 atom stereocenters. The van der Waals surface area contributed by atoms with Gasteiger partial charge >= 0.3 is 0 Å². The molecule has 0 radical (unpaired) electrons. The van der Waals surface area contributed by atoms with Crippen LogP contribution in [0.25, 0.3) is 21.9 Å². The zero-order valence-electron chi connectivity index (χ0n) is 23.6. The van der Waals surface area contributed by atoms with E-state index >= 15 is 0 Å². The van der Waals surface area contributed by atoms with Gasteiger partial charge in [-0.3, -0.25) is 0 Å². The highest BCUT2D eigenvalue weighted by atomic mass is 16.6. The Balaban J connectivity index is 1.44. The first-order chi connectivity index (χ1) is 20.0. The summed E-state index contributed by atoms with van der Waals surface area (Å²) in [6.45, 7) is 4.04. The maximum absolute atomic E-state index is 10.1. The summed E-state index contributed by atoms with van der Waals surface area (Å²) in [7, 11) is 0. The zero-order valence-corrected chi connectivity index (χ0v) is 23.6. The van der Waals surface area contributed by atoms with Crippen LogP contribution in [-0.2, 0) is 0 Å². The van der Waals surface area contributed by atoms with E-state index in [1.54, 1.807) is 0 Å². The molecule has 5 rings (SSSR count). The number of aliphatic hydroxyl groups is 2. The van der Waals surface area contributed by atoms with Crippen molar-refractivity contribution in [2.75, 3.05) is 4.90 Å². The fraction of sp³-hybridized carbons (Fsp3) is 0.222. The fourth-order valence-electron chi connectivity index (χ4n) is 4.89. The van der Waals surface area contributed by atoms with E-state index in [-0.39, 0.29) is 0 Å². The first-order valence-electron chi connectivity index (χ1n) is 14.3. The third-order valence-electron chi connectivity index (χ3n) is 7.01. The molecule has 0 aliphatic carbocycles. The van der Waals surface area contributed by atoms with Crippen molar-refractivity contribution < 1.29 is 19.7 Å². The maximum atomic E-state index is 10.1. The number of hydrogen-bond donors (Lipinski definition) is 2. The summed E-state index contributed by atoms with van der Waals surface area (Å²) in [5, 5.41) is 22.4. The van der Waals surface area contributed by atoms with Gasteiger partial charge in [0.15, 0.2) is 12.6 Å². The molecule has 0 saturated carbocycles. The molecule has 0 fully saturated rings. The van der Waals surface area contributed by atoms with Crippen molar-refractivity contribution in [3.63, 3.8) is 0 Å². The Morgan fingerprint density at radius 3 is 1.51 bits per heavy atom. The summed E-state index contributed by atoms with van der Waals surface area (Å²) in [6, 6.07) is 38.9. The molecule has 210 valence electrons. The van der Waals surface area contributed by atoms with Crippen LogP contribution in [0.2, 0.25) is 0 Å². The van der Waals surface area contributed by atoms with Gasteiger partial charge in [0.1, 0.15) is 11.5 Å². The van der Waals surface area contributed by atoms with Crippen LogP contribution in [0.5, 0.6) is 11.5 Å². The van der Waals surface area contributed by atoms with Crippen molar-refractivity contribution in [1.82, 2.24) is 0 Å². The van der Waals surface area contributed by atoms with E-state index in [0.29, 0.717) is 24.3 Å². The standard InChI is InChI=1S/C36H37NO4/c1-3-7-35(38)40-33-21-14-28(15-22-33)27-11-16-30(17-12-27)37(32-18-13-26-9-5-6-10-29(26)25-32)31-19-23-34(24-20-31)41-36(39)8-4-2/h5-6,9-25,35-36,38-39H,3-4,7-8H2,1-2H3. The average molecular weight is 548 g/mol. The molecular formula is C36H37NO4. The summed E-state index contributed by atoms with van der Waals surface area (Å²) in [6.07, 6.45) is 1.32. The van der Waals surface area contributed by atoms with E-state index in [1.165, 1.54) is 10.8 Å². The lowest BCUT2D eigenvalue weighted by Gasteiger charge is -2.26. The number of aliphatic hydroxyl groups excluding tert-OH is 2. The molecule has 0 aliphatic heterocycles. The van der Waals surface area contributed by atoms with E-state index in [0.717, 1.165) is 41.0 Å². The van der Waals surface area contributed by atoms with E-state index in [2.05, 4.69) is 71.6 Å². The van der Waals surface area contributed by atoms with E-state index in [1.807, 2.05) is 62.4 Å². The van der Waals surface area contributed by atoms with Crippen LogP contribution in [-0.4, -0.2) is 22.8 Å². The summed E-state index contributed by atoms with van der Waals surface area (Å²) >= 11 is 0. The molecular weight excluding hydrogens is 510 g/mol. The van der Waals surface area contributed by atoms with Crippen LogP contribution in [0.3, 0.4) is 0 Å². The van der Waals surface area contributed by atoms with Gasteiger partial charge in [0.05, 0.1) is 0 Å². The summed E-state index contributed by atoms with van der Waals surface area (Å²) < 4.78 is 11.3. The highest BCUT2D eigenvalue weighted by Crippen LogP contribution is 2.38. The van der Waals surface area contributed by atoms with Crippen LogP contribution in [0.1, 0.15) is 39.5 Å². The minimum atomic E-state index is -0.808. The number of ether oxygens (including phenoxy) is 2. The second-order valence-electron chi connectivity index (χ2n) is 10.2. The third kappa shape index (κ3) is 7.07. The summed E-state index contributed by atoms with van der Waals surface area (Å²) in [5.74, 6) is 1.29. The van der Waals surface area contributed by atoms with Crippen molar-refractivity contribution in [1.29, 1.82) is 0 Å². The smallest absolute Gasteiger partial charge is 0.197 e. The van der Waals surface area contributed by atoms with Gasteiger partial charge in [-0.2, -0.15) is 0 Å². The molecule has 5 nitrogen and oxygen atoms in total. The van der Waals surface area contributed by atoms with Gasteiger partial charge in [-0.25, -0.2) is 0 Å². The number of benzene rings is 5. The molecule has 0 aliphatic rings. The van der Waals surface area contributed by atoms with Crippen LogP contribution in [0.4, 0.5) is 17.1 Å². The van der Waals surface area contributed by atoms with Crippen molar-refractivity contribution in [2.24, 2.45) is 0 Å². The molecule has 41 heavy (non-hydrogen) atoms. The van der Waals surface area contributed by atoms with Crippen LogP contribution in [0.15, 0.2) is 115 Å². The molecule has 5 aromatic carbocycles. The van der Waals surface area contributed by atoms with Gasteiger partial charge in [-0.15, -0.1) is 0 Å². The Morgan fingerprint density at radius 1 is 0.537 bits per heavy atom. The molecule has 0 saturated heterocycles. The Labute approximate surface area is 242 Å². The second kappa shape index (κ2) is 13.4. The van der Waals surface area contributed by atoms with Gasteiger partial charge in [0.25, 0.3) is 0 Å². The van der Waals surface area contributed by atoms with Crippen molar-refractivity contribution in [3.05, 3.63) is 115 Å². The topological polar surface area (TPSA) is 62.2 Å². The highest BCUT2D eigenvalue weighted by molar-refractivity contribution is 5.89. The number of hydrogen-bond acceptors (Lipinski definition) is 5. The summed E-state index contributed by atoms with van der Waals surface area (Å²) in [5.41, 5.74) is 5.20. The molecule has 0 amide bonds. The molecule has 0 heterocycles. The van der Waals surface area contributed by atoms with Gasteiger partial charge in [-0.05, 0) is 82.6 Å². The fourth-order valence-corrected chi connectivity index (χ4v) is 4.89. The van der Waals surface area contributed by atoms with Crippen LogP contribution < -0.4 is 14.4 Å². The molecule has 5 aromatic rings. The van der Waals surface area contributed by atoms with E-state index < -0.39 is 12.6 Å². The normalized spacial score (nSPS) is 12.6. The predicted octanol–water partition coefficient (Wildman–Crippen LogP) is 8.97. The number of nitrogens with zero attached hydrogens (tertiary/aromatic N) is 1. The molecule has 0 bridgehead atoms. The van der Waals surface area contributed by atoms with Crippen LogP contribution >= 0.6 is 0 Å². The lowest BCUT2D eigenvalue weighted by Crippen LogP contribution is -2.15. The van der Waals surface area contributed by atoms with Gasteiger partial charge < -0.3 is 24.6 Å². The molecule has 2 unspecified atom stereocenters. The minimum Gasteiger partial charge on any atom is -0.465 e. The van der Waals surface area contributed by atoms with Crippen molar-refractivity contribution >= 4 is 27.8 Å². The van der Waals surface area contributed by atoms with Crippen molar-refractivity contribution in [3.8, 4) is 22.6 Å². The maximum Gasteiger partial charge on any atom is 0.197 e. The Hall–Kier alpha value is -4.32. The largest absolute Gasteiger partial charge is 0.465 e. The van der Waals surface area contributed by atoms with Gasteiger partial charge in [0.2, 0.25) is 0 Å². The van der Waals surface area contributed by atoms with E-state index in [9.17, 15) is 10.2 Å². The third-order valence-corrected chi connectivity index (χ3v) is 7.01. The second-order valence-corrected chi connectivity index (χ2v) is 10.2. The quantitative estimate of drug-likeness (QED) is 0.153. The van der Waals surface area contributed by atoms with Crippen LogP contribution in [0, 0.1) is 0 Å². The predicted molar refractivity (Wildman–Crippen MR) is 167 cm³/mol. The minimum absolute atomic E-state index is 0.591. The Kier molecular flexibility index (Phi) is 9.19. The van der Waals surface area contributed by atoms with Gasteiger partial charge in [0, 0.05) is 29.9 Å². The Morgan fingerprint density at radius 2 is 0.976 bits per heavy atom. The lowest BCUT2D eigenvalue weighted by atomic mass is 10.0. The lowest BCUT2D eigenvalue weighted by molar-refractivity contribution is -0.0238. The first kappa shape index (κ1) is 28.2. The highest BCUT2D eigenvalue weighted by Gasteiger charge is 2.15. The first-order valence-corrected chi connectivity index (χ1v) is 14.3. The van der Waals surface area contributed by atoms with E-state index in [4.69, 9.17) is 9.47 Å². The molecule has 0 aromatic heterocycles. The summed E-state index contributed by atoms with van der Waals surface area (Å²) in [4.78, 5) is 2.22. The number of fused-ring (bicyclic) bond motifs is 1. The van der Waals surface area contributed by atoms with Gasteiger partial charge in [-0.1, -0.05) is 81.3 Å².